The number of aromatic nitrogens is 2. The van der Waals surface area contributed by atoms with Crippen LogP contribution in [0.4, 0.5) is 10.2 Å². The first-order valence-corrected chi connectivity index (χ1v) is 8.01. The lowest BCUT2D eigenvalue weighted by atomic mass is 10.1. The van der Waals surface area contributed by atoms with Crippen LogP contribution >= 0.6 is 11.6 Å². The number of ether oxygens (including phenoxy) is 1. The Bertz CT molecular complexity index is 923. The third-order valence-corrected chi connectivity index (χ3v) is 4.46. The van der Waals surface area contributed by atoms with Crippen LogP contribution in [-0.4, -0.2) is 23.4 Å². The van der Waals surface area contributed by atoms with Gasteiger partial charge < -0.3 is 10.1 Å². The Morgan fingerprint density at radius 3 is 2.88 bits per heavy atom. The van der Waals surface area contributed by atoms with E-state index in [1.165, 1.54) is 12.1 Å². The number of fused-ring (bicyclic) bond motifs is 1. The summed E-state index contributed by atoms with van der Waals surface area (Å²) in [6.45, 7) is 0.828. The average Bonchev–Trinajstić information content (AvgIpc) is 3.18. The van der Waals surface area contributed by atoms with Crippen molar-refractivity contribution >= 4 is 17.4 Å². The van der Waals surface area contributed by atoms with Gasteiger partial charge in [-0.2, -0.15) is 5.10 Å². The monoisotopic (exact) mass is 343 g/mol. The first-order chi connectivity index (χ1) is 11.7. The molecule has 0 saturated heterocycles. The number of anilines is 1. The van der Waals surface area contributed by atoms with E-state index in [0.717, 1.165) is 47.0 Å². The number of methoxy groups -OCH3 is 1. The fourth-order valence-corrected chi connectivity index (χ4v) is 3.31. The van der Waals surface area contributed by atoms with Gasteiger partial charge in [0.25, 0.3) is 0 Å². The summed E-state index contributed by atoms with van der Waals surface area (Å²) in [4.78, 5) is 0. The van der Waals surface area contributed by atoms with E-state index >= 15 is 0 Å². The zero-order valence-corrected chi connectivity index (χ0v) is 13.8. The number of halogens is 2. The summed E-state index contributed by atoms with van der Waals surface area (Å²) in [5.74, 6) is 1.30. The van der Waals surface area contributed by atoms with E-state index in [0.29, 0.717) is 5.02 Å². The second-order valence-corrected chi connectivity index (χ2v) is 5.97. The molecular formula is C18H15ClFN3O. The van der Waals surface area contributed by atoms with Crippen molar-refractivity contribution < 1.29 is 9.13 Å². The molecule has 0 fully saturated rings. The Morgan fingerprint density at radius 1 is 1.25 bits per heavy atom. The minimum Gasteiger partial charge on any atom is -0.494 e. The molecule has 0 bridgehead atoms. The summed E-state index contributed by atoms with van der Waals surface area (Å²) in [5, 5.41) is 8.46. The minimum absolute atomic E-state index is 0.356. The van der Waals surface area contributed by atoms with Crippen LogP contribution in [0.5, 0.6) is 5.75 Å². The van der Waals surface area contributed by atoms with E-state index in [4.69, 9.17) is 21.4 Å². The number of para-hydroxylation sites is 2. The Hall–Kier alpha value is -2.53. The topological polar surface area (TPSA) is 39.1 Å². The van der Waals surface area contributed by atoms with Crippen molar-refractivity contribution in [3.63, 3.8) is 0 Å². The molecule has 0 radical (unpaired) electrons. The van der Waals surface area contributed by atoms with Gasteiger partial charge in [-0.3, -0.25) is 0 Å². The molecule has 3 aromatic rings. The molecular weight excluding hydrogens is 329 g/mol. The zero-order valence-electron chi connectivity index (χ0n) is 13.0. The molecule has 1 N–H and O–H groups in total. The van der Waals surface area contributed by atoms with Crippen molar-refractivity contribution in [1.29, 1.82) is 0 Å². The van der Waals surface area contributed by atoms with E-state index in [9.17, 15) is 4.39 Å². The average molecular weight is 344 g/mol. The third kappa shape index (κ3) is 2.32. The van der Waals surface area contributed by atoms with Gasteiger partial charge in [0.2, 0.25) is 0 Å². The lowest BCUT2D eigenvalue weighted by Gasteiger charge is -2.10. The molecule has 24 heavy (non-hydrogen) atoms. The number of benzene rings is 2. The Morgan fingerprint density at radius 2 is 2.08 bits per heavy atom. The molecule has 1 aliphatic heterocycles. The number of rotatable bonds is 3. The molecule has 4 rings (SSSR count). The second kappa shape index (κ2) is 5.83. The Labute approximate surface area is 143 Å². The molecule has 0 aliphatic carbocycles. The van der Waals surface area contributed by atoms with Crippen LogP contribution in [0.15, 0.2) is 42.5 Å². The van der Waals surface area contributed by atoms with Crippen molar-refractivity contribution in [1.82, 2.24) is 9.78 Å². The van der Waals surface area contributed by atoms with Gasteiger partial charge in [-0.25, -0.2) is 9.07 Å². The minimum atomic E-state index is -0.359. The number of nitrogens with zero attached hydrogens (tertiary/aromatic N) is 2. The van der Waals surface area contributed by atoms with Crippen molar-refractivity contribution in [3.8, 4) is 22.7 Å². The summed E-state index contributed by atoms with van der Waals surface area (Å²) in [6.07, 6.45) is 0.841. The first kappa shape index (κ1) is 15.0. The van der Waals surface area contributed by atoms with Crippen molar-refractivity contribution in [2.45, 2.75) is 6.42 Å². The largest absolute Gasteiger partial charge is 0.494 e. The van der Waals surface area contributed by atoms with E-state index in [-0.39, 0.29) is 5.82 Å². The molecule has 0 saturated carbocycles. The van der Waals surface area contributed by atoms with E-state index in [2.05, 4.69) is 5.32 Å². The van der Waals surface area contributed by atoms with Crippen LogP contribution in [0.3, 0.4) is 0 Å². The fraction of sp³-hybridized carbons (Fsp3) is 0.167. The summed E-state index contributed by atoms with van der Waals surface area (Å²) >= 11 is 6.25. The lowest BCUT2D eigenvalue weighted by Crippen LogP contribution is -2.05. The summed E-state index contributed by atoms with van der Waals surface area (Å²) in [6, 6.07) is 12.1. The van der Waals surface area contributed by atoms with Gasteiger partial charge in [-0.15, -0.1) is 0 Å². The summed E-state index contributed by atoms with van der Waals surface area (Å²) in [5.41, 5.74) is 3.42. The van der Waals surface area contributed by atoms with Gasteiger partial charge in [0.1, 0.15) is 23.1 Å². The number of hydrogen-bond acceptors (Lipinski definition) is 3. The summed E-state index contributed by atoms with van der Waals surface area (Å²) in [7, 11) is 1.63. The van der Waals surface area contributed by atoms with E-state index < -0.39 is 0 Å². The van der Waals surface area contributed by atoms with Crippen LogP contribution in [0.25, 0.3) is 16.9 Å². The van der Waals surface area contributed by atoms with Gasteiger partial charge in [0, 0.05) is 17.7 Å². The molecule has 0 atom stereocenters. The number of nitrogens with one attached hydrogen (secondary N) is 1. The van der Waals surface area contributed by atoms with Gasteiger partial charge in [-0.1, -0.05) is 23.7 Å². The van der Waals surface area contributed by atoms with Crippen LogP contribution < -0.4 is 10.1 Å². The van der Waals surface area contributed by atoms with E-state index in [1.54, 1.807) is 13.2 Å². The normalized spacial score (nSPS) is 12.8. The standard InChI is InChI=1S/C18H15ClFN3O/c1-24-16-5-3-2-4-15(16)23-18-13(8-9-21-18)17(22-23)12-7-6-11(20)10-14(12)19/h2-7,10,21H,8-9H2,1H3. The van der Waals surface area contributed by atoms with Crippen molar-refractivity contribution in [3.05, 3.63) is 58.9 Å². The first-order valence-electron chi connectivity index (χ1n) is 7.63. The second-order valence-electron chi connectivity index (χ2n) is 5.56. The molecule has 122 valence electrons. The molecule has 2 heterocycles. The molecule has 4 nitrogen and oxygen atoms in total. The lowest BCUT2D eigenvalue weighted by molar-refractivity contribution is 0.412. The Balaban J connectivity index is 1.93. The van der Waals surface area contributed by atoms with Crippen LogP contribution in [0, 0.1) is 5.82 Å². The highest BCUT2D eigenvalue weighted by Crippen LogP contribution is 2.38. The van der Waals surface area contributed by atoms with E-state index in [1.807, 2.05) is 28.9 Å². The molecule has 2 aromatic carbocycles. The highest BCUT2D eigenvalue weighted by atomic mass is 35.5. The Kier molecular flexibility index (Phi) is 3.65. The van der Waals surface area contributed by atoms with Crippen molar-refractivity contribution in [2.24, 2.45) is 0 Å². The molecule has 0 spiro atoms. The van der Waals surface area contributed by atoms with Crippen molar-refractivity contribution in [2.75, 3.05) is 19.0 Å². The predicted molar refractivity (Wildman–Crippen MR) is 92.7 cm³/mol. The van der Waals surface area contributed by atoms with Crippen LogP contribution in [0.2, 0.25) is 5.02 Å². The maximum Gasteiger partial charge on any atom is 0.144 e. The number of hydrogen-bond donors (Lipinski definition) is 1. The SMILES string of the molecule is COc1ccccc1-n1nc(-c2ccc(F)cc2Cl)c2c1NCC2. The van der Waals surface area contributed by atoms with Crippen LogP contribution in [-0.2, 0) is 6.42 Å². The molecule has 1 aromatic heterocycles. The predicted octanol–water partition coefficient (Wildman–Crippen LogP) is 4.31. The molecule has 0 unspecified atom stereocenters. The van der Waals surface area contributed by atoms with Gasteiger partial charge in [-0.05, 0) is 36.8 Å². The molecule has 0 amide bonds. The quantitative estimate of drug-likeness (QED) is 0.770. The highest BCUT2D eigenvalue weighted by molar-refractivity contribution is 6.33. The van der Waals surface area contributed by atoms with Gasteiger partial charge in [0.15, 0.2) is 0 Å². The molecule has 6 heteroatoms. The van der Waals surface area contributed by atoms with Gasteiger partial charge in [0.05, 0.1) is 17.8 Å². The highest BCUT2D eigenvalue weighted by Gasteiger charge is 2.26. The van der Waals surface area contributed by atoms with Gasteiger partial charge >= 0.3 is 0 Å². The molecule has 1 aliphatic rings. The maximum atomic E-state index is 13.4. The smallest absolute Gasteiger partial charge is 0.144 e. The summed E-state index contributed by atoms with van der Waals surface area (Å²) < 4.78 is 20.6. The zero-order chi connectivity index (χ0) is 16.7. The van der Waals surface area contributed by atoms with Crippen LogP contribution in [0.1, 0.15) is 5.56 Å². The maximum absolute atomic E-state index is 13.4. The fourth-order valence-electron chi connectivity index (χ4n) is 3.05. The third-order valence-electron chi connectivity index (χ3n) is 4.15.